The van der Waals surface area contributed by atoms with Crippen LogP contribution in [-0.2, 0) is 14.4 Å². The fraction of sp³-hybridized carbons (Fsp3) is 0.500. The van der Waals surface area contributed by atoms with E-state index in [2.05, 4.69) is 10.6 Å². The lowest BCUT2D eigenvalue weighted by Crippen LogP contribution is -2.54. The van der Waals surface area contributed by atoms with Gasteiger partial charge in [0.2, 0.25) is 11.8 Å². The van der Waals surface area contributed by atoms with E-state index < -0.39 is 30.4 Å². The quantitative estimate of drug-likeness (QED) is 0.482. The van der Waals surface area contributed by atoms with E-state index in [1.54, 1.807) is 25.6 Å². The SMILES string of the molecule is CSC[C@@H](NC(=O)[C@H](NC(=O)[C@@H](N)CC(=O)O)C(C)C)c1ccccc1. The molecule has 0 fully saturated rings. The van der Waals surface area contributed by atoms with Crippen LogP contribution in [0.25, 0.3) is 0 Å². The van der Waals surface area contributed by atoms with Crippen molar-refractivity contribution in [1.29, 1.82) is 0 Å². The molecule has 0 spiro atoms. The van der Waals surface area contributed by atoms with Crippen molar-refractivity contribution >= 4 is 29.5 Å². The molecule has 0 saturated heterocycles. The first-order valence-corrected chi connectivity index (χ1v) is 9.77. The Bertz CT molecular complexity index is 610. The number of carboxylic acid groups (broad SMARTS) is 1. The molecule has 0 aromatic heterocycles. The number of hydrogen-bond acceptors (Lipinski definition) is 5. The van der Waals surface area contributed by atoms with Crippen LogP contribution in [0.3, 0.4) is 0 Å². The lowest BCUT2D eigenvalue weighted by molar-refractivity contribution is -0.139. The molecule has 5 N–H and O–H groups in total. The number of thioether (sulfide) groups is 1. The van der Waals surface area contributed by atoms with E-state index in [-0.39, 0.29) is 17.9 Å². The van der Waals surface area contributed by atoms with Crippen molar-refractivity contribution in [3.8, 4) is 0 Å². The summed E-state index contributed by atoms with van der Waals surface area (Å²) >= 11 is 1.60. The predicted molar refractivity (Wildman–Crippen MR) is 103 cm³/mol. The fourth-order valence-corrected chi connectivity index (χ4v) is 3.02. The Balaban J connectivity index is 2.83. The van der Waals surface area contributed by atoms with Gasteiger partial charge in [0, 0.05) is 5.75 Å². The zero-order valence-electron chi connectivity index (χ0n) is 15.3. The minimum absolute atomic E-state index is 0.179. The average molecular weight is 381 g/mol. The van der Waals surface area contributed by atoms with Gasteiger partial charge in [-0.05, 0) is 17.7 Å². The third kappa shape index (κ3) is 7.05. The monoisotopic (exact) mass is 381 g/mol. The fourth-order valence-electron chi connectivity index (χ4n) is 2.41. The molecule has 0 aliphatic heterocycles. The Morgan fingerprint density at radius 2 is 1.73 bits per heavy atom. The molecule has 1 aromatic rings. The summed E-state index contributed by atoms with van der Waals surface area (Å²) in [5.41, 5.74) is 6.56. The van der Waals surface area contributed by atoms with Gasteiger partial charge in [0.05, 0.1) is 18.5 Å². The molecule has 144 valence electrons. The van der Waals surface area contributed by atoms with Gasteiger partial charge in [-0.1, -0.05) is 44.2 Å². The van der Waals surface area contributed by atoms with E-state index in [0.29, 0.717) is 5.75 Å². The Morgan fingerprint density at radius 1 is 1.12 bits per heavy atom. The molecule has 1 rings (SSSR count). The van der Waals surface area contributed by atoms with Gasteiger partial charge in [0.15, 0.2) is 0 Å². The summed E-state index contributed by atoms with van der Waals surface area (Å²) in [5, 5.41) is 14.3. The summed E-state index contributed by atoms with van der Waals surface area (Å²) in [5.74, 6) is -1.63. The van der Waals surface area contributed by atoms with Crippen molar-refractivity contribution < 1.29 is 19.5 Å². The number of aliphatic carboxylic acids is 1. The molecule has 8 heteroatoms. The van der Waals surface area contributed by atoms with Crippen LogP contribution < -0.4 is 16.4 Å². The van der Waals surface area contributed by atoms with Crippen LogP contribution in [0, 0.1) is 5.92 Å². The topological polar surface area (TPSA) is 122 Å². The minimum atomic E-state index is -1.20. The lowest BCUT2D eigenvalue weighted by Gasteiger charge is -2.26. The number of hydrogen-bond donors (Lipinski definition) is 4. The number of nitrogens with two attached hydrogens (primary N) is 1. The van der Waals surface area contributed by atoms with E-state index in [0.717, 1.165) is 5.56 Å². The zero-order chi connectivity index (χ0) is 19.7. The second-order valence-corrected chi connectivity index (χ2v) is 7.27. The number of amides is 2. The van der Waals surface area contributed by atoms with Crippen molar-refractivity contribution in [2.24, 2.45) is 11.7 Å². The molecule has 26 heavy (non-hydrogen) atoms. The van der Waals surface area contributed by atoms with Crippen molar-refractivity contribution in [2.75, 3.05) is 12.0 Å². The summed E-state index contributed by atoms with van der Waals surface area (Å²) < 4.78 is 0. The Kier molecular flexibility index (Phi) is 9.15. The van der Waals surface area contributed by atoms with E-state index in [1.165, 1.54) is 0 Å². The lowest BCUT2D eigenvalue weighted by atomic mass is 10.0. The maximum Gasteiger partial charge on any atom is 0.305 e. The summed E-state index contributed by atoms with van der Waals surface area (Å²) in [4.78, 5) is 35.5. The summed E-state index contributed by atoms with van der Waals surface area (Å²) in [6.45, 7) is 3.61. The standard InChI is InChI=1S/C18H27N3O4S/c1-11(2)16(21-17(24)13(19)9-15(22)23)18(25)20-14(10-26-3)12-7-5-4-6-8-12/h4-8,11,13-14,16H,9-10,19H2,1-3H3,(H,20,25)(H,21,24)(H,22,23)/t13-,14+,16+/m0/s1. The second-order valence-electron chi connectivity index (χ2n) is 6.36. The molecule has 0 aliphatic rings. The first kappa shape index (κ1) is 22.0. The molecule has 1 aromatic carbocycles. The number of carbonyl (C=O) groups is 3. The van der Waals surface area contributed by atoms with E-state index in [1.807, 2.05) is 36.6 Å². The summed E-state index contributed by atoms with van der Waals surface area (Å²) in [7, 11) is 0. The van der Waals surface area contributed by atoms with Crippen LogP contribution in [0.4, 0.5) is 0 Å². The van der Waals surface area contributed by atoms with E-state index >= 15 is 0 Å². The summed E-state index contributed by atoms with van der Waals surface area (Å²) in [6, 6.07) is 7.41. The molecular weight excluding hydrogens is 354 g/mol. The van der Waals surface area contributed by atoms with Gasteiger partial charge in [0.1, 0.15) is 6.04 Å². The van der Waals surface area contributed by atoms with Gasteiger partial charge in [0.25, 0.3) is 0 Å². The van der Waals surface area contributed by atoms with Crippen LogP contribution in [0.2, 0.25) is 0 Å². The molecular formula is C18H27N3O4S. The molecule has 0 heterocycles. The van der Waals surface area contributed by atoms with Crippen molar-refractivity contribution in [3.05, 3.63) is 35.9 Å². The molecule has 0 bridgehead atoms. The van der Waals surface area contributed by atoms with E-state index in [9.17, 15) is 14.4 Å². The Labute approximate surface area is 158 Å². The first-order valence-electron chi connectivity index (χ1n) is 8.38. The van der Waals surface area contributed by atoms with Gasteiger partial charge in [-0.25, -0.2) is 0 Å². The van der Waals surface area contributed by atoms with Gasteiger partial charge in [-0.15, -0.1) is 0 Å². The van der Waals surface area contributed by atoms with Crippen molar-refractivity contribution in [2.45, 2.75) is 38.4 Å². The van der Waals surface area contributed by atoms with Crippen LogP contribution in [-0.4, -0.2) is 47.0 Å². The van der Waals surface area contributed by atoms with Gasteiger partial charge < -0.3 is 21.5 Å². The van der Waals surface area contributed by atoms with Gasteiger partial charge in [-0.2, -0.15) is 11.8 Å². The third-order valence-corrected chi connectivity index (χ3v) is 4.50. The molecule has 0 unspecified atom stereocenters. The van der Waals surface area contributed by atoms with Crippen LogP contribution in [0.1, 0.15) is 31.9 Å². The van der Waals surface area contributed by atoms with Crippen LogP contribution in [0.15, 0.2) is 30.3 Å². The Hall–Kier alpha value is -2.06. The molecule has 7 nitrogen and oxygen atoms in total. The predicted octanol–water partition coefficient (Wildman–Crippen LogP) is 1.15. The van der Waals surface area contributed by atoms with E-state index in [4.69, 9.17) is 10.8 Å². The average Bonchev–Trinajstić information content (AvgIpc) is 2.58. The van der Waals surface area contributed by atoms with Crippen LogP contribution in [0.5, 0.6) is 0 Å². The highest BCUT2D eigenvalue weighted by Crippen LogP contribution is 2.17. The number of carbonyl (C=O) groups excluding carboxylic acids is 2. The molecule has 0 aliphatic carbocycles. The molecule has 2 amide bonds. The van der Waals surface area contributed by atoms with Crippen molar-refractivity contribution in [3.63, 3.8) is 0 Å². The molecule has 0 saturated carbocycles. The minimum Gasteiger partial charge on any atom is -0.481 e. The van der Waals surface area contributed by atoms with Crippen molar-refractivity contribution in [1.82, 2.24) is 10.6 Å². The highest BCUT2D eigenvalue weighted by molar-refractivity contribution is 7.98. The highest BCUT2D eigenvalue weighted by Gasteiger charge is 2.28. The summed E-state index contributed by atoms with van der Waals surface area (Å²) in [6.07, 6.45) is 1.46. The second kappa shape index (κ2) is 10.8. The van der Waals surface area contributed by atoms with Gasteiger partial charge >= 0.3 is 5.97 Å². The first-order chi connectivity index (χ1) is 12.3. The number of carboxylic acids is 1. The number of benzene rings is 1. The highest BCUT2D eigenvalue weighted by atomic mass is 32.2. The van der Waals surface area contributed by atoms with Crippen LogP contribution >= 0.6 is 11.8 Å². The molecule has 3 atom stereocenters. The zero-order valence-corrected chi connectivity index (χ0v) is 16.1. The largest absolute Gasteiger partial charge is 0.481 e. The maximum absolute atomic E-state index is 12.7. The smallest absolute Gasteiger partial charge is 0.305 e. The van der Waals surface area contributed by atoms with Gasteiger partial charge in [-0.3, -0.25) is 14.4 Å². The number of rotatable bonds is 10. The number of nitrogens with one attached hydrogen (secondary N) is 2. The third-order valence-electron chi connectivity index (χ3n) is 3.83. The normalized spacial score (nSPS) is 14.3. The molecule has 0 radical (unpaired) electrons. The Morgan fingerprint density at radius 3 is 2.23 bits per heavy atom. The maximum atomic E-state index is 12.7.